The van der Waals surface area contributed by atoms with E-state index in [-0.39, 0.29) is 5.69 Å². The number of carbonyl (C=O) groups is 1. The van der Waals surface area contributed by atoms with E-state index >= 15 is 0 Å². The SMILES string of the molecule is COc1ccc(NC(=O)Cn2nc(C(F)(F)F)c([N+](=O)[O-])c2C)cc1OC. The van der Waals surface area contributed by atoms with Crippen molar-refractivity contribution in [1.29, 1.82) is 0 Å². The van der Waals surface area contributed by atoms with Crippen LogP contribution in [0.4, 0.5) is 24.5 Å². The van der Waals surface area contributed by atoms with Crippen molar-refractivity contribution >= 4 is 17.3 Å². The lowest BCUT2D eigenvalue weighted by molar-refractivity contribution is -0.388. The van der Waals surface area contributed by atoms with Crippen LogP contribution in [0.3, 0.4) is 0 Å². The highest BCUT2D eigenvalue weighted by molar-refractivity contribution is 5.91. The number of methoxy groups -OCH3 is 2. The second-order valence-electron chi connectivity index (χ2n) is 5.31. The van der Waals surface area contributed by atoms with Crippen molar-refractivity contribution in [2.75, 3.05) is 19.5 Å². The number of hydrogen-bond donors (Lipinski definition) is 1. The highest BCUT2D eigenvalue weighted by atomic mass is 19.4. The maximum absolute atomic E-state index is 12.9. The number of alkyl halides is 3. The first kappa shape index (κ1) is 20.0. The number of nitrogens with zero attached hydrogens (tertiary/aromatic N) is 3. The average Bonchev–Trinajstić information content (AvgIpc) is 2.91. The van der Waals surface area contributed by atoms with Gasteiger partial charge in [0.05, 0.1) is 19.1 Å². The smallest absolute Gasteiger partial charge is 0.442 e. The number of nitro groups is 1. The van der Waals surface area contributed by atoms with Crippen molar-refractivity contribution in [3.8, 4) is 11.5 Å². The van der Waals surface area contributed by atoms with Crippen LogP contribution in [-0.2, 0) is 17.5 Å². The molecule has 0 aliphatic carbocycles. The first-order chi connectivity index (χ1) is 12.6. The molecule has 2 rings (SSSR count). The van der Waals surface area contributed by atoms with Gasteiger partial charge in [0.1, 0.15) is 12.2 Å². The van der Waals surface area contributed by atoms with Crippen LogP contribution in [-0.4, -0.2) is 34.8 Å². The molecule has 1 amide bonds. The Bertz CT molecular complexity index is 879. The molecule has 0 saturated heterocycles. The number of anilines is 1. The Morgan fingerprint density at radius 1 is 1.30 bits per heavy atom. The van der Waals surface area contributed by atoms with E-state index in [9.17, 15) is 28.1 Å². The molecule has 12 heteroatoms. The van der Waals surface area contributed by atoms with Crippen molar-refractivity contribution in [2.24, 2.45) is 0 Å². The molecule has 146 valence electrons. The predicted molar refractivity (Wildman–Crippen MR) is 86.8 cm³/mol. The Morgan fingerprint density at radius 3 is 2.41 bits per heavy atom. The molecule has 0 atom stereocenters. The molecule has 0 fully saturated rings. The van der Waals surface area contributed by atoms with Gasteiger partial charge >= 0.3 is 11.9 Å². The first-order valence-corrected chi connectivity index (χ1v) is 7.39. The molecule has 1 N–H and O–H groups in total. The summed E-state index contributed by atoms with van der Waals surface area (Å²) in [6.07, 6.45) is -5.02. The van der Waals surface area contributed by atoms with Crippen LogP contribution in [0.5, 0.6) is 11.5 Å². The molecular weight excluding hydrogens is 373 g/mol. The summed E-state index contributed by atoms with van der Waals surface area (Å²) in [4.78, 5) is 21.9. The van der Waals surface area contributed by atoms with Crippen molar-refractivity contribution in [2.45, 2.75) is 19.6 Å². The number of hydrogen-bond acceptors (Lipinski definition) is 6. The molecule has 2 aromatic rings. The Balaban J connectivity index is 2.25. The fraction of sp³-hybridized carbons (Fsp3) is 0.333. The number of ether oxygens (including phenoxy) is 2. The molecule has 27 heavy (non-hydrogen) atoms. The van der Waals surface area contributed by atoms with Crippen LogP contribution in [0, 0.1) is 17.0 Å². The minimum atomic E-state index is -5.02. The van der Waals surface area contributed by atoms with Gasteiger partial charge in [-0.25, -0.2) is 0 Å². The van der Waals surface area contributed by atoms with Crippen LogP contribution < -0.4 is 14.8 Å². The molecule has 0 radical (unpaired) electrons. The topological polar surface area (TPSA) is 109 Å². The van der Waals surface area contributed by atoms with Crippen molar-refractivity contribution in [3.05, 3.63) is 39.7 Å². The maximum atomic E-state index is 12.9. The number of amides is 1. The molecule has 0 aliphatic rings. The van der Waals surface area contributed by atoms with E-state index in [2.05, 4.69) is 10.4 Å². The van der Waals surface area contributed by atoms with Crippen LogP contribution in [0.25, 0.3) is 0 Å². The largest absolute Gasteiger partial charge is 0.493 e. The van der Waals surface area contributed by atoms with Crippen molar-refractivity contribution in [1.82, 2.24) is 9.78 Å². The second kappa shape index (κ2) is 7.51. The van der Waals surface area contributed by atoms with Gasteiger partial charge in [-0.2, -0.15) is 18.3 Å². The Labute approximate surface area is 150 Å². The summed E-state index contributed by atoms with van der Waals surface area (Å²) in [7, 11) is 2.83. The van der Waals surface area contributed by atoms with Gasteiger partial charge < -0.3 is 14.8 Å². The maximum Gasteiger partial charge on any atom is 0.442 e. The number of aromatic nitrogens is 2. The molecule has 0 bridgehead atoms. The highest BCUT2D eigenvalue weighted by Gasteiger charge is 2.44. The lowest BCUT2D eigenvalue weighted by Gasteiger charge is -2.11. The Kier molecular flexibility index (Phi) is 5.57. The van der Waals surface area contributed by atoms with E-state index in [0.29, 0.717) is 21.9 Å². The zero-order valence-electron chi connectivity index (χ0n) is 14.5. The van der Waals surface area contributed by atoms with E-state index in [1.54, 1.807) is 0 Å². The third kappa shape index (κ3) is 4.27. The molecule has 0 aliphatic heterocycles. The Morgan fingerprint density at radius 2 is 1.93 bits per heavy atom. The molecule has 0 saturated carbocycles. The standard InChI is InChI=1S/C15H15F3N4O5/c1-8-13(22(24)25)14(15(16,17)18)20-21(8)7-12(23)19-9-4-5-10(26-2)11(6-9)27-3/h4-6H,7H2,1-3H3,(H,19,23). The van der Waals surface area contributed by atoms with Gasteiger partial charge in [-0.15, -0.1) is 0 Å². The Hall–Kier alpha value is -3.31. The highest BCUT2D eigenvalue weighted by Crippen LogP contribution is 2.37. The van der Waals surface area contributed by atoms with E-state index in [4.69, 9.17) is 9.47 Å². The number of halogens is 3. The van der Waals surface area contributed by atoms with Gasteiger partial charge in [0.15, 0.2) is 11.5 Å². The van der Waals surface area contributed by atoms with E-state index in [1.165, 1.54) is 32.4 Å². The first-order valence-electron chi connectivity index (χ1n) is 7.39. The summed E-state index contributed by atoms with van der Waals surface area (Å²) < 4.78 is 49.6. The quantitative estimate of drug-likeness (QED) is 0.602. The van der Waals surface area contributed by atoms with Crippen LogP contribution in [0.1, 0.15) is 11.4 Å². The van der Waals surface area contributed by atoms with Gasteiger partial charge in [0.25, 0.3) is 0 Å². The van der Waals surface area contributed by atoms with E-state index in [1.807, 2.05) is 0 Å². The van der Waals surface area contributed by atoms with Crippen LogP contribution in [0.2, 0.25) is 0 Å². The van der Waals surface area contributed by atoms with Crippen LogP contribution >= 0.6 is 0 Å². The summed E-state index contributed by atoms with van der Waals surface area (Å²) in [6.45, 7) is 0.446. The number of carbonyl (C=O) groups excluding carboxylic acids is 1. The molecule has 9 nitrogen and oxygen atoms in total. The zero-order valence-corrected chi connectivity index (χ0v) is 14.5. The second-order valence-corrected chi connectivity index (χ2v) is 5.31. The summed E-state index contributed by atoms with van der Waals surface area (Å²) in [5.74, 6) is 0.0286. The molecule has 0 unspecified atom stereocenters. The van der Waals surface area contributed by atoms with Gasteiger partial charge in [0.2, 0.25) is 11.6 Å². The van der Waals surface area contributed by atoms with E-state index < -0.39 is 34.9 Å². The summed E-state index contributed by atoms with van der Waals surface area (Å²) in [5.41, 5.74) is -2.91. The monoisotopic (exact) mass is 388 g/mol. The lowest BCUT2D eigenvalue weighted by Crippen LogP contribution is -2.20. The number of rotatable bonds is 6. The third-order valence-electron chi connectivity index (χ3n) is 3.59. The van der Waals surface area contributed by atoms with Gasteiger partial charge in [-0.1, -0.05) is 0 Å². The molecule has 1 aromatic carbocycles. The zero-order chi connectivity index (χ0) is 20.4. The number of nitrogens with one attached hydrogen (secondary N) is 1. The summed E-state index contributed by atoms with van der Waals surface area (Å²) in [5, 5.41) is 16.6. The predicted octanol–water partition coefficient (Wildman–Crippen LogP) is 2.77. The van der Waals surface area contributed by atoms with Crippen molar-refractivity contribution in [3.63, 3.8) is 0 Å². The average molecular weight is 388 g/mol. The van der Waals surface area contributed by atoms with Crippen LogP contribution in [0.15, 0.2) is 18.2 Å². The molecule has 0 spiro atoms. The van der Waals surface area contributed by atoms with E-state index in [0.717, 1.165) is 6.92 Å². The fourth-order valence-electron chi connectivity index (χ4n) is 2.35. The fourth-order valence-corrected chi connectivity index (χ4v) is 2.35. The molecular formula is C15H15F3N4O5. The molecule has 1 aromatic heterocycles. The lowest BCUT2D eigenvalue weighted by atomic mass is 10.2. The van der Waals surface area contributed by atoms with Crippen molar-refractivity contribution < 1.29 is 32.4 Å². The van der Waals surface area contributed by atoms with Gasteiger partial charge in [-0.05, 0) is 19.1 Å². The third-order valence-corrected chi connectivity index (χ3v) is 3.59. The summed E-state index contributed by atoms with van der Waals surface area (Å²) >= 11 is 0. The molecule has 1 heterocycles. The van der Waals surface area contributed by atoms with Gasteiger partial charge in [0, 0.05) is 11.8 Å². The normalized spacial score (nSPS) is 11.2. The number of benzene rings is 1. The minimum absolute atomic E-state index is 0.299. The van der Waals surface area contributed by atoms with Gasteiger partial charge in [-0.3, -0.25) is 19.6 Å². The summed E-state index contributed by atoms with van der Waals surface area (Å²) in [6, 6.07) is 4.48. The minimum Gasteiger partial charge on any atom is -0.493 e.